The summed E-state index contributed by atoms with van der Waals surface area (Å²) in [6.07, 6.45) is -0.609. The summed E-state index contributed by atoms with van der Waals surface area (Å²) in [4.78, 5) is 24.4. The monoisotopic (exact) mass is 384 g/mol. The van der Waals surface area contributed by atoms with Gasteiger partial charge in [0.25, 0.3) is 11.8 Å². The average Bonchev–Trinajstić information content (AvgIpc) is 2.68. The number of carbonyl (C=O) groups excluding carboxylic acids is 2. The third kappa shape index (κ3) is 6.09. The van der Waals surface area contributed by atoms with Crippen LogP contribution in [0.25, 0.3) is 0 Å². The Balaban J connectivity index is 1.85. The summed E-state index contributed by atoms with van der Waals surface area (Å²) >= 11 is 0. The third-order valence-electron chi connectivity index (χ3n) is 4.33. The van der Waals surface area contributed by atoms with Crippen molar-refractivity contribution in [3.05, 3.63) is 64.7 Å². The molecule has 0 saturated heterocycles. The topological polar surface area (TPSA) is 76.7 Å². The van der Waals surface area contributed by atoms with E-state index < -0.39 is 17.9 Å². The minimum Gasteiger partial charge on any atom is -0.481 e. The van der Waals surface area contributed by atoms with Crippen LogP contribution in [0.1, 0.15) is 47.8 Å². The van der Waals surface area contributed by atoms with Crippen molar-refractivity contribution < 1.29 is 19.1 Å². The molecule has 28 heavy (non-hydrogen) atoms. The maximum Gasteiger partial charge on any atom is 0.279 e. The number of ether oxygens (including phenoxy) is 2. The van der Waals surface area contributed by atoms with Crippen LogP contribution in [0, 0.1) is 13.8 Å². The fraction of sp³-hybridized carbons (Fsp3) is 0.364. The van der Waals surface area contributed by atoms with E-state index in [1.165, 1.54) is 0 Å². The number of rotatable bonds is 7. The zero-order valence-corrected chi connectivity index (χ0v) is 17.0. The lowest BCUT2D eigenvalue weighted by molar-refractivity contribution is -0.128. The molecule has 0 aromatic heterocycles. The second-order valence-corrected chi connectivity index (χ2v) is 6.96. The van der Waals surface area contributed by atoms with Gasteiger partial charge in [-0.1, -0.05) is 24.3 Å². The molecule has 6 heteroatoms. The van der Waals surface area contributed by atoms with E-state index in [4.69, 9.17) is 9.47 Å². The van der Waals surface area contributed by atoms with Gasteiger partial charge in [0.15, 0.2) is 6.10 Å². The largest absolute Gasteiger partial charge is 0.481 e. The van der Waals surface area contributed by atoms with Gasteiger partial charge in [-0.2, -0.15) is 0 Å². The summed E-state index contributed by atoms with van der Waals surface area (Å²) in [5, 5.41) is 0. The van der Waals surface area contributed by atoms with E-state index in [0.29, 0.717) is 17.9 Å². The molecule has 1 atom stereocenters. The standard InChI is InChI=1S/C22H28N2O4/c1-14(2)27-13-18-9-11-19(12-10-18)22(26)24-23-21(25)17(5)28-20-8-6-7-15(3)16(20)4/h6-12,14,17H,13H2,1-5H3,(H,23,25)(H,24,26)/t17-/m1/s1. The number of hydrogen-bond acceptors (Lipinski definition) is 4. The molecule has 0 fully saturated rings. The molecule has 0 radical (unpaired) electrons. The van der Waals surface area contributed by atoms with Crippen LogP contribution in [-0.2, 0) is 16.1 Å². The average molecular weight is 384 g/mol. The first kappa shape index (κ1) is 21.4. The first-order valence-electron chi connectivity index (χ1n) is 9.31. The lowest BCUT2D eigenvalue weighted by Gasteiger charge is -2.17. The van der Waals surface area contributed by atoms with Crippen molar-refractivity contribution in [2.45, 2.75) is 53.4 Å². The van der Waals surface area contributed by atoms with Crippen LogP contribution < -0.4 is 15.6 Å². The second kappa shape index (κ2) is 9.90. The van der Waals surface area contributed by atoms with Crippen LogP contribution in [-0.4, -0.2) is 24.0 Å². The molecule has 0 aliphatic carbocycles. The SMILES string of the molecule is Cc1cccc(O[C@H](C)C(=O)NNC(=O)c2ccc(COC(C)C)cc2)c1C. The number of hydrazine groups is 1. The fourth-order valence-electron chi connectivity index (χ4n) is 2.40. The highest BCUT2D eigenvalue weighted by molar-refractivity contribution is 5.95. The fourth-order valence-corrected chi connectivity index (χ4v) is 2.40. The number of nitrogens with one attached hydrogen (secondary N) is 2. The van der Waals surface area contributed by atoms with E-state index in [-0.39, 0.29) is 6.10 Å². The second-order valence-electron chi connectivity index (χ2n) is 6.96. The molecule has 2 aromatic carbocycles. The predicted octanol–water partition coefficient (Wildman–Crippen LogP) is 3.46. The Morgan fingerprint density at radius 1 is 0.964 bits per heavy atom. The first-order chi connectivity index (χ1) is 13.3. The maximum absolute atomic E-state index is 12.2. The van der Waals surface area contributed by atoms with Crippen molar-refractivity contribution in [2.75, 3.05) is 0 Å². The highest BCUT2D eigenvalue weighted by atomic mass is 16.5. The first-order valence-corrected chi connectivity index (χ1v) is 9.31. The molecule has 0 aliphatic heterocycles. The highest BCUT2D eigenvalue weighted by Crippen LogP contribution is 2.21. The molecule has 0 bridgehead atoms. The number of hydrogen-bond donors (Lipinski definition) is 2. The molecule has 2 N–H and O–H groups in total. The van der Waals surface area contributed by atoms with Gasteiger partial charge in [0.1, 0.15) is 5.75 Å². The molecule has 2 aromatic rings. The summed E-state index contributed by atoms with van der Waals surface area (Å²) in [6, 6.07) is 12.7. The summed E-state index contributed by atoms with van der Waals surface area (Å²) in [5.41, 5.74) is 8.29. The molecule has 6 nitrogen and oxygen atoms in total. The van der Waals surface area contributed by atoms with E-state index in [1.54, 1.807) is 19.1 Å². The van der Waals surface area contributed by atoms with Gasteiger partial charge in [-0.25, -0.2) is 0 Å². The van der Waals surface area contributed by atoms with Gasteiger partial charge in [-0.05, 0) is 69.5 Å². The summed E-state index contributed by atoms with van der Waals surface area (Å²) in [5.74, 6) is -0.187. The molecule has 0 spiro atoms. The van der Waals surface area contributed by atoms with Crippen molar-refractivity contribution in [1.82, 2.24) is 10.9 Å². The molecule has 0 heterocycles. The quantitative estimate of drug-likeness (QED) is 0.717. The van der Waals surface area contributed by atoms with E-state index >= 15 is 0 Å². The Hall–Kier alpha value is -2.86. The van der Waals surface area contributed by atoms with Crippen molar-refractivity contribution in [3.8, 4) is 5.75 Å². The van der Waals surface area contributed by atoms with E-state index in [0.717, 1.165) is 16.7 Å². The van der Waals surface area contributed by atoms with Crippen molar-refractivity contribution in [2.24, 2.45) is 0 Å². The van der Waals surface area contributed by atoms with E-state index in [1.807, 2.05) is 58.0 Å². The Kier molecular flexibility index (Phi) is 7.58. The van der Waals surface area contributed by atoms with Crippen LogP contribution in [0.3, 0.4) is 0 Å². The number of benzene rings is 2. The molecule has 0 aliphatic rings. The van der Waals surface area contributed by atoms with Gasteiger partial charge in [-0.3, -0.25) is 20.4 Å². The predicted molar refractivity (Wildman–Crippen MR) is 108 cm³/mol. The Morgan fingerprint density at radius 3 is 2.29 bits per heavy atom. The molecular formula is C22H28N2O4. The lowest BCUT2D eigenvalue weighted by Crippen LogP contribution is -2.47. The molecule has 2 rings (SSSR count). The zero-order valence-electron chi connectivity index (χ0n) is 17.0. The zero-order chi connectivity index (χ0) is 20.7. The minimum atomic E-state index is -0.753. The molecule has 0 unspecified atom stereocenters. The van der Waals surface area contributed by atoms with Gasteiger partial charge in [0, 0.05) is 5.56 Å². The summed E-state index contributed by atoms with van der Waals surface area (Å²) in [7, 11) is 0. The Labute approximate surface area is 166 Å². The molecule has 150 valence electrons. The van der Waals surface area contributed by atoms with E-state index in [9.17, 15) is 9.59 Å². The normalized spacial score (nSPS) is 11.8. The Morgan fingerprint density at radius 2 is 1.64 bits per heavy atom. The lowest BCUT2D eigenvalue weighted by atomic mass is 10.1. The number of amides is 2. The summed E-state index contributed by atoms with van der Waals surface area (Å²) < 4.78 is 11.2. The highest BCUT2D eigenvalue weighted by Gasteiger charge is 2.17. The van der Waals surface area contributed by atoms with Crippen LogP contribution in [0.2, 0.25) is 0 Å². The van der Waals surface area contributed by atoms with Crippen LogP contribution in [0.5, 0.6) is 5.75 Å². The van der Waals surface area contributed by atoms with Crippen LogP contribution in [0.15, 0.2) is 42.5 Å². The van der Waals surface area contributed by atoms with Gasteiger partial charge in [0.2, 0.25) is 0 Å². The number of aryl methyl sites for hydroxylation is 1. The summed E-state index contributed by atoms with van der Waals surface area (Å²) in [6.45, 7) is 9.97. The van der Waals surface area contributed by atoms with Gasteiger partial charge in [-0.15, -0.1) is 0 Å². The minimum absolute atomic E-state index is 0.144. The number of carbonyl (C=O) groups is 2. The molecule has 0 saturated carbocycles. The van der Waals surface area contributed by atoms with Crippen molar-refractivity contribution >= 4 is 11.8 Å². The maximum atomic E-state index is 12.2. The van der Waals surface area contributed by atoms with Crippen molar-refractivity contribution in [1.29, 1.82) is 0 Å². The Bertz CT molecular complexity index is 816. The third-order valence-corrected chi connectivity index (χ3v) is 4.33. The van der Waals surface area contributed by atoms with Gasteiger partial charge < -0.3 is 9.47 Å². The van der Waals surface area contributed by atoms with Crippen LogP contribution in [0.4, 0.5) is 0 Å². The van der Waals surface area contributed by atoms with E-state index in [2.05, 4.69) is 10.9 Å². The smallest absolute Gasteiger partial charge is 0.279 e. The van der Waals surface area contributed by atoms with Crippen molar-refractivity contribution in [3.63, 3.8) is 0 Å². The molecular weight excluding hydrogens is 356 g/mol. The van der Waals surface area contributed by atoms with Gasteiger partial charge in [0.05, 0.1) is 12.7 Å². The van der Waals surface area contributed by atoms with Gasteiger partial charge >= 0.3 is 0 Å². The van der Waals surface area contributed by atoms with Crippen LogP contribution >= 0.6 is 0 Å². The molecule has 2 amide bonds.